The summed E-state index contributed by atoms with van der Waals surface area (Å²) >= 11 is 0. The monoisotopic (exact) mass is 414 g/mol. The van der Waals surface area contributed by atoms with Crippen molar-refractivity contribution in [2.24, 2.45) is 5.41 Å². The zero-order chi connectivity index (χ0) is 20.9. The van der Waals surface area contributed by atoms with Crippen molar-refractivity contribution in [1.29, 1.82) is 0 Å². The van der Waals surface area contributed by atoms with E-state index in [9.17, 15) is 26.4 Å². The number of carbonyl (C=O) groups is 1. The largest absolute Gasteiger partial charge is 0.406 e. The number of alkyl halides is 3. The van der Waals surface area contributed by atoms with Crippen LogP contribution in [0.2, 0.25) is 0 Å². The topological polar surface area (TPSA) is 57.7 Å². The molecule has 0 fully saturated rings. The lowest BCUT2D eigenvalue weighted by Gasteiger charge is -2.32. The van der Waals surface area contributed by atoms with Crippen molar-refractivity contribution in [3.8, 4) is 0 Å². The predicted molar refractivity (Wildman–Crippen MR) is 101 cm³/mol. The van der Waals surface area contributed by atoms with Gasteiger partial charge in [-0.3, -0.25) is 9.10 Å². The van der Waals surface area contributed by atoms with Crippen LogP contribution in [0.5, 0.6) is 0 Å². The van der Waals surface area contributed by atoms with Crippen LogP contribution in [-0.2, 0) is 14.8 Å². The molecule has 0 aromatic heterocycles. The summed E-state index contributed by atoms with van der Waals surface area (Å²) < 4.78 is 65.7. The van der Waals surface area contributed by atoms with Crippen molar-refractivity contribution in [2.45, 2.75) is 31.8 Å². The molecule has 0 spiro atoms. The number of sulfonamides is 1. The zero-order valence-corrected chi connectivity index (χ0v) is 16.6. The van der Waals surface area contributed by atoms with Crippen LogP contribution in [0.4, 0.5) is 18.9 Å². The van der Waals surface area contributed by atoms with E-state index in [1.807, 2.05) is 0 Å². The Morgan fingerprint density at radius 2 is 1.64 bits per heavy atom. The zero-order valence-electron chi connectivity index (χ0n) is 15.7. The maximum atomic E-state index is 13.0. The fourth-order valence-electron chi connectivity index (χ4n) is 3.37. The fraction of sp³-hybridized carbons (Fsp3) is 0.421. The fourth-order valence-corrected chi connectivity index (χ4v) is 5.03. The van der Waals surface area contributed by atoms with Gasteiger partial charge in [-0.05, 0) is 22.9 Å². The minimum absolute atomic E-state index is 0.0617. The highest BCUT2D eigenvalue weighted by atomic mass is 32.2. The number of hydrogen-bond acceptors (Lipinski definition) is 3. The molecular weight excluding hydrogens is 393 g/mol. The summed E-state index contributed by atoms with van der Waals surface area (Å²) in [6.07, 6.45) is -4.58. The van der Waals surface area contributed by atoms with Crippen molar-refractivity contribution in [2.75, 3.05) is 23.9 Å². The molecule has 1 aliphatic rings. The van der Waals surface area contributed by atoms with E-state index in [2.05, 4.69) is 0 Å². The standard InChI is InChI=1S/C19H21F3N2O3S/c1-18(2,3)11-23(12-19(20,21)22)16(25)10-24-14-8-4-6-13-7-5-9-15(17(13)14)28(24,26)27/h4-9H,10-12H2,1-3H3. The summed E-state index contributed by atoms with van der Waals surface area (Å²) in [5.41, 5.74) is -0.266. The molecule has 2 aromatic rings. The molecule has 2 aromatic carbocycles. The molecule has 0 saturated carbocycles. The van der Waals surface area contributed by atoms with E-state index in [1.54, 1.807) is 51.1 Å². The minimum Gasteiger partial charge on any atom is -0.331 e. The SMILES string of the molecule is CC(C)(C)CN(CC(F)(F)F)C(=O)CN1c2cccc3cccc(c23)S1(=O)=O. The van der Waals surface area contributed by atoms with Gasteiger partial charge in [0.1, 0.15) is 13.1 Å². The number of rotatable bonds is 4. The number of halogens is 3. The third kappa shape index (κ3) is 3.94. The molecule has 3 rings (SSSR count). The van der Waals surface area contributed by atoms with Crippen LogP contribution in [0.1, 0.15) is 20.8 Å². The Morgan fingerprint density at radius 1 is 1.04 bits per heavy atom. The van der Waals surface area contributed by atoms with Gasteiger partial charge < -0.3 is 4.90 Å². The molecule has 0 bridgehead atoms. The molecule has 5 nitrogen and oxygen atoms in total. The summed E-state index contributed by atoms with van der Waals surface area (Å²) in [5, 5.41) is 1.17. The van der Waals surface area contributed by atoms with Crippen LogP contribution in [0, 0.1) is 5.41 Å². The van der Waals surface area contributed by atoms with E-state index < -0.39 is 40.6 Å². The average molecular weight is 414 g/mol. The highest BCUT2D eigenvalue weighted by molar-refractivity contribution is 7.93. The highest BCUT2D eigenvalue weighted by Crippen LogP contribution is 2.41. The lowest BCUT2D eigenvalue weighted by atomic mass is 9.96. The highest BCUT2D eigenvalue weighted by Gasteiger charge is 2.40. The van der Waals surface area contributed by atoms with Crippen molar-refractivity contribution in [3.05, 3.63) is 36.4 Å². The first-order valence-corrected chi connectivity index (χ1v) is 10.1. The molecule has 9 heteroatoms. The van der Waals surface area contributed by atoms with Crippen molar-refractivity contribution >= 4 is 32.4 Å². The molecular formula is C19H21F3N2O3S. The van der Waals surface area contributed by atoms with Crippen LogP contribution in [0.15, 0.2) is 41.3 Å². The molecule has 0 N–H and O–H groups in total. The first-order chi connectivity index (χ1) is 12.8. The Hall–Kier alpha value is -2.29. The van der Waals surface area contributed by atoms with Gasteiger partial charge in [0.25, 0.3) is 10.0 Å². The second kappa shape index (κ2) is 6.65. The van der Waals surface area contributed by atoms with Crippen molar-refractivity contribution < 1.29 is 26.4 Å². The smallest absolute Gasteiger partial charge is 0.331 e. The molecule has 0 radical (unpaired) electrons. The quantitative estimate of drug-likeness (QED) is 0.765. The number of amides is 1. The molecule has 1 amide bonds. The van der Waals surface area contributed by atoms with Crippen LogP contribution >= 0.6 is 0 Å². The summed E-state index contributed by atoms with van der Waals surface area (Å²) in [7, 11) is -4.01. The predicted octanol–water partition coefficient (Wildman–Crippen LogP) is 3.79. The molecule has 28 heavy (non-hydrogen) atoms. The number of benzene rings is 2. The number of nitrogens with zero attached hydrogens (tertiary/aromatic N) is 2. The van der Waals surface area contributed by atoms with Gasteiger partial charge in [0.2, 0.25) is 5.91 Å². The number of anilines is 1. The minimum atomic E-state index is -4.58. The Bertz CT molecular complexity index is 1010. The summed E-state index contributed by atoms with van der Waals surface area (Å²) in [5.74, 6) is -0.888. The van der Waals surface area contributed by atoms with Gasteiger partial charge in [0.05, 0.1) is 10.6 Å². The molecule has 0 saturated heterocycles. The lowest BCUT2D eigenvalue weighted by molar-refractivity contribution is -0.162. The first-order valence-electron chi connectivity index (χ1n) is 8.69. The molecule has 152 valence electrons. The molecule has 1 aliphatic heterocycles. The molecule has 0 atom stereocenters. The van der Waals surface area contributed by atoms with Gasteiger partial charge in [-0.2, -0.15) is 13.2 Å². The third-order valence-corrected chi connectivity index (χ3v) is 6.15. The number of hydrogen-bond donors (Lipinski definition) is 0. The molecule has 0 unspecified atom stereocenters. The van der Waals surface area contributed by atoms with Gasteiger partial charge in [0, 0.05) is 11.9 Å². The van der Waals surface area contributed by atoms with Gasteiger partial charge in [-0.25, -0.2) is 8.42 Å². The molecule has 0 aliphatic carbocycles. The van der Waals surface area contributed by atoms with E-state index in [4.69, 9.17) is 0 Å². The Kier molecular flexibility index (Phi) is 4.85. The van der Waals surface area contributed by atoms with E-state index >= 15 is 0 Å². The molecule has 1 heterocycles. The lowest BCUT2D eigenvalue weighted by Crippen LogP contribution is -2.48. The summed E-state index contributed by atoms with van der Waals surface area (Å²) in [6, 6.07) is 9.75. The maximum Gasteiger partial charge on any atom is 0.406 e. The van der Waals surface area contributed by atoms with E-state index in [1.165, 1.54) is 6.07 Å². The van der Waals surface area contributed by atoms with Crippen molar-refractivity contribution in [1.82, 2.24) is 4.90 Å². The summed E-state index contributed by atoms with van der Waals surface area (Å²) in [4.78, 5) is 13.5. The van der Waals surface area contributed by atoms with Crippen molar-refractivity contribution in [3.63, 3.8) is 0 Å². The van der Waals surface area contributed by atoms with Gasteiger partial charge in [-0.1, -0.05) is 45.0 Å². The van der Waals surface area contributed by atoms with Gasteiger partial charge >= 0.3 is 6.18 Å². The third-order valence-electron chi connectivity index (χ3n) is 4.35. The van der Waals surface area contributed by atoms with Crippen LogP contribution in [-0.4, -0.2) is 45.0 Å². The van der Waals surface area contributed by atoms with E-state index in [-0.39, 0.29) is 11.4 Å². The van der Waals surface area contributed by atoms with Crippen LogP contribution < -0.4 is 4.31 Å². The average Bonchev–Trinajstić information content (AvgIpc) is 2.75. The Labute approximate surface area is 161 Å². The Morgan fingerprint density at radius 3 is 2.21 bits per heavy atom. The first kappa shape index (κ1) is 20.4. The Balaban J connectivity index is 1.96. The van der Waals surface area contributed by atoms with E-state index in [0.29, 0.717) is 21.4 Å². The number of carbonyl (C=O) groups excluding carboxylic acids is 1. The summed E-state index contributed by atoms with van der Waals surface area (Å²) in [6.45, 7) is 2.90. The van der Waals surface area contributed by atoms with Crippen LogP contribution in [0.3, 0.4) is 0 Å². The van der Waals surface area contributed by atoms with Gasteiger partial charge in [-0.15, -0.1) is 0 Å². The van der Waals surface area contributed by atoms with Gasteiger partial charge in [0.15, 0.2) is 0 Å². The maximum absolute atomic E-state index is 13.0. The second-order valence-corrected chi connectivity index (χ2v) is 9.90. The normalized spacial score (nSPS) is 15.9. The van der Waals surface area contributed by atoms with Crippen LogP contribution in [0.25, 0.3) is 10.8 Å². The van der Waals surface area contributed by atoms with E-state index in [0.717, 1.165) is 4.31 Å². The second-order valence-electron chi connectivity index (χ2n) is 8.07.